The number of hydrogen-bond acceptors (Lipinski definition) is 3. The number of fused-ring (bicyclic) bond motifs is 2. The Morgan fingerprint density at radius 2 is 1.95 bits per heavy atom. The highest BCUT2D eigenvalue weighted by Gasteiger charge is 2.43. The molecular formula is C17H22N4. The lowest BCUT2D eigenvalue weighted by Gasteiger charge is -2.35. The van der Waals surface area contributed by atoms with Crippen LogP contribution in [0.5, 0.6) is 0 Å². The highest BCUT2D eigenvalue weighted by Crippen LogP contribution is 2.35. The first-order valence-corrected chi connectivity index (χ1v) is 7.75. The highest BCUT2D eigenvalue weighted by atomic mass is 15.4. The third-order valence-corrected chi connectivity index (χ3v) is 5.07. The van der Waals surface area contributed by atoms with E-state index < -0.39 is 0 Å². The maximum atomic E-state index is 4.36. The second-order valence-electron chi connectivity index (χ2n) is 6.36. The molecule has 0 amide bonds. The van der Waals surface area contributed by atoms with E-state index >= 15 is 0 Å². The molecule has 4 heteroatoms. The number of hydrogen-bond donors (Lipinski definition) is 0. The summed E-state index contributed by atoms with van der Waals surface area (Å²) >= 11 is 0. The monoisotopic (exact) mass is 282 g/mol. The molecule has 0 radical (unpaired) electrons. The van der Waals surface area contributed by atoms with E-state index in [1.807, 2.05) is 17.9 Å². The third kappa shape index (κ3) is 2.14. The fraction of sp³-hybridized carbons (Fsp3) is 0.471. The average molecular weight is 282 g/mol. The number of para-hydroxylation sites is 1. The summed E-state index contributed by atoms with van der Waals surface area (Å²) in [6.07, 6.45) is 3.27. The van der Waals surface area contributed by atoms with E-state index in [1.165, 1.54) is 29.9 Å². The van der Waals surface area contributed by atoms with Gasteiger partial charge in [-0.25, -0.2) is 0 Å². The van der Waals surface area contributed by atoms with Crippen LogP contribution in [0.15, 0.2) is 36.5 Å². The molecular weight excluding hydrogens is 260 g/mol. The molecule has 0 N–H and O–H groups in total. The largest absolute Gasteiger partial charge is 0.366 e. The predicted molar refractivity (Wildman–Crippen MR) is 84.3 cm³/mol. The molecule has 2 aromatic rings. The molecule has 2 saturated heterocycles. The van der Waals surface area contributed by atoms with Crippen LogP contribution < -0.4 is 4.90 Å². The van der Waals surface area contributed by atoms with Crippen LogP contribution in [0, 0.1) is 6.92 Å². The molecule has 110 valence electrons. The molecule has 1 aromatic carbocycles. The zero-order valence-electron chi connectivity index (χ0n) is 12.7. The van der Waals surface area contributed by atoms with Crippen LogP contribution in [0.1, 0.15) is 17.7 Å². The number of benzene rings is 1. The Bertz CT molecular complexity index is 614. The van der Waals surface area contributed by atoms with Crippen LogP contribution in [0.25, 0.3) is 0 Å². The molecule has 3 heterocycles. The number of nitrogens with zero attached hydrogens (tertiary/aromatic N) is 4. The van der Waals surface area contributed by atoms with Gasteiger partial charge in [0.25, 0.3) is 0 Å². The zero-order valence-corrected chi connectivity index (χ0v) is 12.7. The van der Waals surface area contributed by atoms with Gasteiger partial charge >= 0.3 is 0 Å². The van der Waals surface area contributed by atoms with Crippen LogP contribution in [-0.4, -0.2) is 39.9 Å². The normalized spacial score (nSPS) is 25.0. The van der Waals surface area contributed by atoms with Crippen molar-refractivity contribution in [1.29, 1.82) is 0 Å². The van der Waals surface area contributed by atoms with Crippen molar-refractivity contribution in [3.63, 3.8) is 0 Å². The molecule has 0 spiro atoms. The zero-order chi connectivity index (χ0) is 14.4. The van der Waals surface area contributed by atoms with Crippen molar-refractivity contribution in [2.75, 3.05) is 18.0 Å². The topological polar surface area (TPSA) is 24.3 Å². The molecule has 2 atom stereocenters. The van der Waals surface area contributed by atoms with Crippen LogP contribution in [0.3, 0.4) is 0 Å². The smallest absolute Gasteiger partial charge is 0.0550 e. The van der Waals surface area contributed by atoms with Gasteiger partial charge in [0.15, 0.2) is 0 Å². The van der Waals surface area contributed by atoms with Crippen molar-refractivity contribution in [3.05, 3.63) is 47.8 Å². The van der Waals surface area contributed by atoms with Gasteiger partial charge in [0.2, 0.25) is 0 Å². The molecule has 2 aliphatic rings. The van der Waals surface area contributed by atoms with Gasteiger partial charge in [-0.2, -0.15) is 5.10 Å². The Labute approximate surface area is 126 Å². The summed E-state index contributed by atoms with van der Waals surface area (Å²) < 4.78 is 2.02. The van der Waals surface area contributed by atoms with Crippen molar-refractivity contribution in [3.8, 4) is 0 Å². The molecule has 2 aliphatic heterocycles. The van der Waals surface area contributed by atoms with E-state index in [0.717, 1.165) is 13.1 Å². The lowest BCUT2D eigenvalue weighted by Crippen LogP contribution is -2.46. The first kappa shape index (κ1) is 12.9. The number of piperazine rings is 1. The van der Waals surface area contributed by atoms with Crippen molar-refractivity contribution in [2.24, 2.45) is 7.05 Å². The minimum absolute atomic E-state index is 0.672. The second-order valence-corrected chi connectivity index (χ2v) is 6.36. The molecule has 2 fully saturated rings. The summed E-state index contributed by atoms with van der Waals surface area (Å²) in [5, 5.41) is 4.36. The summed E-state index contributed by atoms with van der Waals surface area (Å²) in [5.74, 6) is 0. The van der Waals surface area contributed by atoms with E-state index in [2.05, 4.69) is 52.2 Å². The molecule has 2 bridgehead atoms. The Balaban J connectivity index is 1.48. The van der Waals surface area contributed by atoms with Gasteiger partial charge < -0.3 is 4.90 Å². The SMILES string of the molecule is Cc1cnn(C)c1CN1C[C@@H]2C[C@H]1CN2c1ccccc1. The van der Waals surface area contributed by atoms with Gasteiger partial charge in [0, 0.05) is 44.5 Å². The molecule has 0 saturated carbocycles. The third-order valence-electron chi connectivity index (χ3n) is 5.07. The fourth-order valence-corrected chi connectivity index (χ4v) is 3.87. The minimum Gasteiger partial charge on any atom is -0.366 e. The van der Waals surface area contributed by atoms with Crippen molar-refractivity contribution in [2.45, 2.75) is 32.0 Å². The average Bonchev–Trinajstić information content (AvgIpc) is 3.18. The van der Waals surface area contributed by atoms with Crippen molar-refractivity contribution < 1.29 is 0 Å². The van der Waals surface area contributed by atoms with Gasteiger partial charge in [-0.05, 0) is 31.0 Å². The fourth-order valence-electron chi connectivity index (χ4n) is 3.87. The first-order chi connectivity index (χ1) is 10.2. The number of rotatable bonds is 3. The van der Waals surface area contributed by atoms with E-state index in [9.17, 15) is 0 Å². The Morgan fingerprint density at radius 1 is 1.14 bits per heavy atom. The van der Waals surface area contributed by atoms with E-state index in [4.69, 9.17) is 0 Å². The summed E-state index contributed by atoms with van der Waals surface area (Å²) in [7, 11) is 2.05. The molecule has 21 heavy (non-hydrogen) atoms. The first-order valence-electron chi connectivity index (χ1n) is 7.75. The summed E-state index contributed by atoms with van der Waals surface area (Å²) in [6, 6.07) is 12.2. The number of likely N-dealkylation sites (tertiary alicyclic amines) is 1. The lowest BCUT2D eigenvalue weighted by molar-refractivity contribution is 0.224. The quantitative estimate of drug-likeness (QED) is 0.862. The Morgan fingerprint density at radius 3 is 2.57 bits per heavy atom. The highest BCUT2D eigenvalue weighted by molar-refractivity contribution is 5.49. The van der Waals surface area contributed by atoms with Crippen LogP contribution in [0.4, 0.5) is 5.69 Å². The van der Waals surface area contributed by atoms with E-state index in [0.29, 0.717) is 12.1 Å². The van der Waals surface area contributed by atoms with Gasteiger partial charge in [0.05, 0.1) is 11.9 Å². The van der Waals surface area contributed by atoms with Gasteiger partial charge in [0.1, 0.15) is 0 Å². The maximum Gasteiger partial charge on any atom is 0.0550 e. The number of aromatic nitrogens is 2. The van der Waals surface area contributed by atoms with Gasteiger partial charge in [-0.1, -0.05) is 18.2 Å². The lowest BCUT2D eigenvalue weighted by atomic mass is 10.2. The molecule has 0 aliphatic carbocycles. The van der Waals surface area contributed by atoms with Crippen molar-refractivity contribution in [1.82, 2.24) is 14.7 Å². The maximum absolute atomic E-state index is 4.36. The molecule has 4 rings (SSSR count). The Hall–Kier alpha value is -1.81. The van der Waals surface area contributed by atoms with Crippen LogP contribution in [0.2, 0.25) is 0 Å². The summed E-state index contributed by atoms with van der Waals surface area (Å²) in [5.41, 5.74) is 4.04. The van der Waals surface area contributed by atoms with E-state index in [1.54, 1.807) is 0 Å². The predicted octanol–water partition coefficient (Wildman–Crippen LogP) is 2.19. The van der Waals surface area contributed by atoms with Crippen molar-refractivity contribution >= 4 is 5.69 Å². The van der Waals surface area contributed by atoms with E-state index in [-0.39, 0.29) is 0 Å². The molecule has 1 aromatic heterocycles. The number of aryl methyl sites for hydroxylation is 2. The van der Waals surface area contributed by atoms with Crippen LogP contribution >= 0.6 is 0 Å². The minimum atomic E-state index is 0.672. The Kier molecular flexibility index (Phi) is 3.00. The molecule has 0 unspecified atom stereocenters. The summed E-state index contributed by atoms with van der Waals surface area (Å²) in [6.45, 7) is 5.52. The second kappa shape index (κ2) is 4.88. The standard InChI is InChI=1S/C17H22N4/c1-13-9-18-19(2)17(13)12-20-10-16-8-15(20)11-21(16)14-6-4-3-5-7-14/h3-7,9,15-16H,8,10-12H2,1-2H3/t15-,16-/m0/s1. The van der Waals surface area contributed by atoms with Gasteiger partial charge in [-0.15, -0.1) is 0 Å². The van der Waals surface area contributed by atoms with Crippen LogP contribution in [-0.2, 0) is 13.6 Å². The summed E-state index contributed by atoms with van der Waals surface area (Å²) in [4.78, 5) is 5.21. The number of anilines is 1. The van der Waals surface area contributed by atoms with Gasteiger partial charge in [-0.3, -0.25) is 9.58 Å². The molecule has 4 nitrogen and oxygen atoms in total.